The van der Waals surface area contributed by atoms with E-state index in [4.69, 9.17) is 0 Å². The quantitative estimate of drug-likeness (QED) is 0.790. The number of carbonyl (C=O) groups excluding carboxylic acids is 2. The molecule has 1 saturated heterocycles. The number of hydrogen-bond acceptors (Lipinski definition) is 4. The molecule has 7 heteroatoms. The zero-order valence-electron chi connectivity index (χ0n) is 13.2. The van der Waals surface area contributed by atoms with E-state index in [1.54, 1.807) is 29.2 Å². The van der Waals surface area contributed by atoms with E-state index in [9.17, 15) is 18.0 Å². The lowest BCUT2D eigenvalue weighted by Gasteiger charge is -2.32. The smallest absolute Gasteiger partial charge is 0.223 e. The maximum absolute atomic E-state index is 12.2. The fraction of sp³-hybridized carbons (Fsp3) is 0.500. The van der Waals surface area contributed by atoms with Crippen LogP contribution in [-0.2, 0) is 14.8 Å². The van der Waals surface area contributed by atoms with Gasteiger partial charge in [-0.2, -0.15) is 0 Å². The molecule has 1 N–H and O–H groups in total. The molecule has 1 heterocycles. The van der Waals surface area contributed by atoms with E-state index in [-0.39, 0.29) is 30.6 Å². The van der Waals surface area contributed by atoms with Gasteiger partial charge in [0.25, 0.3) is 0 Å². The highest BCUT2D eigenvalue weighted by molar-refractivity contribution is 7.88. The minimum Gasteiger partial charge on any atom is -0.341 e. The number of amides is 1. The number of ketones is 1. The Morgan fingerprint density at radius 1 is 1.22 bits per heavy atom. The van der Waals surface area contributed by atoms with E-state index in [2.05, 4.69) is 4.72 Å². The zero-order chi connectivity index (χ0) is 16.9. The molecule has 1 amide bonds. The maximum Gasteiger partial charge on any atom is 0.223 e. The van der Waals surface area contributed by atoms with Gasteiger partial charge in [0, 0.05) is 37.5 Å². The highest BCUT2D eigenvalue weighted by Crippen LogP contribution is 2.13. The Balaban J connectivity index is 1.84. The molecular weight excluding hydrogens is 316 g/mol. The molecular formula is C16H22N2O4S. The van der Waals surface area contributed by atoms with Crippen LogP contribution in [0.2, 0.25) is 0 Å². The summed E-state index contributed by atoms with van der Waals surface area (Å²) in [4.78, 5) is 25.9. The number of nitrogens with one attached hydrogen (secondary N) is 1. The molecule has 0 bridgehead atoms. The number of rotatable bonds is 6. The number of Topliss-reactive ketones (excluding diaryl/α,β-unsaturated/α-hetero) is 1. The van der Waals surface area contributed by atoms with Crippen molar-refractivity contribution in [3.63, 3.8) is 0 Å². The first kappa shape index (κ1) is 17.6. The molecule has 1 aromatic rings. The van der Waals surface area contributed by atoms with Crippen molar-refractivity contribution in [2.45, 2.75) is 31.7 Å². The molecule has 126 valence electrons. The molecule has 0 aliphatic carbocycles. The summed E-state index contributed by atoms with van der Waals surface area (Å²) in [5.41, 5.74) is 0.607. The van der Waals surface area contributed by atoms with Crippen LogP contribution in [0.3, 0.4) is 0 Å². The van der Waals surface area contributed by atoms with Crippen molar-refractivity contribution >= 4 is 21.7 Å². The van der Waals surface area contributed by atoms with Crippen LogP contribution < -0.4 is 4.72 Å². The third-order valence-corrected chi connectivity index (χ3v) is 4.58. The van der Waals surface area contributed by atoms with Crippen LogP contribution in [-0.4, -0.2) is 50.4 Å². The highest BCUT2D eigenvalue weighted by Gasteiger charge is 2.25. The topological polar surface area (TPSA) is 83.6 Å². The van der Waals surface area contributed by atoms with Crippen LogP contribution in [0.25, 0.3) is 0 Å². The van der Waals surface area contributed by atoms with Gasteiger partial charge in [-0.25, -0.2) is 13.1 Å². The lowest BCUT2D eigenvalue weighted by Crippen LogP contribution is -2.49. The van der Waals surface area contributed by atoms with Crippen molar-refractivity contribution in [3.8, 4) is 0 Å². The molecule has 0 radical (unpaired) electrons. The van der Waals surface area contributed by atoms with Gasteiger partial charge in [-0.1, -0.05) is 30.3 Å². The Morgan fingerprint density at radius 3 is 2.57 bits per heavy atom. The van der Waals surface area contributed by atoms with Crippen LogP contribution in [0.1, 0.15) is 36.0 Å². The predicted octanol–water partition coefficient (Wildman–Crippen LogP) is 1.19. The first-order valence-corrected chi connectivity index (χ1v) is 9.57. The van der Waals surface area contributed by atoms with E-state index in [1.807, 2.05) is 6.07 Å². The second-order valence-electron chi connectivity index (χ2n) is 5.86. The van der Waals surface area contributed by atoms with E-state index in [1.165, 1.54) is 0 Å². The molecule has 0 saturated carbocycles. The second-order valence-corrected chi connectivity index (χ2v) is 7.64. The largest absolute Gasteiger partial charge is 0.341 e. The van der Waals surface area contributed by atoms with Gasteiger partial charge in [-0.05, 0) is 12.8 Å². The lowest BCUT2D eigenvalue weighted by atomic mass is 10.0. The summed E-state index contributed by atoms with van der Waals surface area (Å²) in [5, 5.41) is 0. The Bertz CT molecular complexity index is 658. The lowest BCUT2D eigenvalue weighted by molar-refractivity contribution is -0.132. The molecule has 0 spiro atoms. The van der Waals surface area contributed by atoms with Crippen molar-refractivity contribution in [1.82, 2.24) is 9.62 Å². The zero-order valence-corrected chi connectivity index (χ0v) is 14.0. The van der Waals surface area contributed by atoms with E-state index in [0.717, 1.165) is 19.1 Å². The first-order chi connectivity index (χ1) is 10.8. The number of likely N-dealkylation sites (tertiary alicyclic amines) is 1. The number of piperidine rings is 1. The number of hydrogen-bond donors (Lipinski definition) is 1. The summed E-state index contributed by atoms with van der Waals surface area (Å²) < 4.78 is 25.1. The molecule has 1 fully saturated rings. The minimum absolute atomic E-state index is 0.0539. The summed E-state index contributed by atoms with van der Waals surface area (Å²) in [7, 11) is -3.28. The Labute approximate surface area is 136 Å². The summed E-state index contributed by atoms with van der Waals surface area (Å²) in [5.74, 6) is -0.156. The van der Waals surface area contributed by atoms with Crippen molar-refractivity contribution in [2.24, 2.45) is 0 Å². The summed E-state index contributed by atoms with van der Waals surface area (Å²) in [6, 6.07) is 8.65. The van der Waals surface area contributed by atoms with Gasteiger partial charge in [0.2, 0.25) is 15.9 Å². The first-order valence-electron chi connectivity index (χ1n) is 7.68. The van der Waals surface area contributed by atoms with Crippen molar-refractivity contribution in [3.05, 3.63) is 35.9 Å². The second kappa shape index (κ2) is 7.70. The van der Waals surface area contributed by atoms with Crippen molar-refractivity contribution < 1.29 is 18.0 Å². The van der Waals surface area contributed by atoms with Crippen LogP contribution in [0.5, 0.6) is 0 Å². The molecule has 1 aliphatic rings. The van der Waals surface area contributed by atoms with Crippen LogP contribution in [0.4, 0.5) is 0 Å². The normalized spacial score (nSPS) is 18.7. The standard InChI is InChI=1S/C16H22N2O4S/c1-23(21,22)17-14-8-5-11-18(12-14)16(20)10-9-15(19)13-6-3-2-4-7-13/h2-4,6-7,14,17H,5,8-12H2,1H3/t14-/m1/s1. The number of benzene rings is 1. The molecule has 1 aliphatic heterocycles. The SMILES string of the molecule is CS(=O)(=O)N[C@@H]1CCCN(C(=O)CCC(=O)c2ccccc2)C1. The predicted molar refractivity (Wildman–Crippen MR) is 87.6 cm³/mol. The molecule has 1 aromatic carbocycles. The van der Waals surface area contributed by atoms with Gasteiger partial charge in [0.15, 0.2) is 5.78 Å². The van der Waals surface area contributed by atoms with Crippen molar-refractivity contribution in [2.75, 3.05) is 19.3 Å². The average Bonchev–Trinajstić information content (AvgIpc) is 2.51. The van der Waals surface area contributed by atoms with E-state index in [0.29, 0.717) is 18.7 Å². The Hall–Kier alpha value is -1.73. The molecule has 1 atom stereocenters. The Morgan fingerprint density at radius 2 is 1.91 bits per heavy atom. The number of nitrogens with zero attached hydrogens (tertiary/aromatic N) is 1. The fourth-order valence-electron chi connectivity index (χ4n) is 2.75. The van der Waals surface area contributed by atoms with Crippen molar-refractivity contribution in [1.29, 1.82) is 0 Å². The van der Waals surface area contributed by atoms with E-state index < -0.39 is 10.0 Å². The van der Waals surface area contributed by atoms with E-state index >= 15 is 0 Å². The maximum atomic E-state index is 12.2. The van der Waals surface area contributed by atoms with Gasteiger partial charge in [0.1, 0.15) is 0 Å². The monoisotopic (exact) mass is 338 g/mol. The molecule has 23 heavy (non-hydrogen) atoms. The molecule has 0 aromatic heterocycles. The third kappa shape index (κ3) is 5.76. The molecule has 6 nitrogen and oxygen atoms in total. The average molecular weight is 338 g/mol. The molecule has 0 unspecified atom stereocenters. The number of carbonyl (C=O) groups is 2. The summed E-state index contributed by atoms with van der Waals surface area (Å²) in [6.45, 7) is 0.978. The van der Waals surface area contributed by atoms with Gasteiger partial charge >= 0.3 is 0 Å². The summed E-state index contributed by atoms with van der Waals surface area (Å²) >= 11 is 0. The fourth-order valence-corrected chi connectivity index (χ4v) is 3.55. The van der Waals surface area contributed by atoms with Crippen LogP contribution in [0.15, 0.2) is 30.3 Å². The number of sulfonamides is 1. The van der Waals surface area contributed by atoms with Gasteiger partial charge in [-0.3, -0.25) is 9.59 Å². The highest BCUT2D eigenvalue weighted by atomic mass is 32.2. The van der Waals surface area contributed by atoms with Crippen LogP contribution >= 0.6 is 0 Å². The minimum atomic E-state index is -3.28. The van der Waals surface area contributed by atoms with Gasteiger partial charge in [-0.15, -0.1) is 0 Å². The van der Waals surface area contributed by atoms with Gasteiger partial charge < -0.3 is 4.90 Å². The molecule has 2 rings (SSSR count). The van der Waals surface area contributed by atoms with Crippen LogP contribution in [0, 0.1) is 0 Å². The van der Waals surface area contributed by atoms with Gasteiger partial charge in [0.05, 0.1) is 6.26 Å². The summed E-state index contributed by atoms with van der Waals surface area (Å²) in [6.07, 6.45) is 2.92. The third-order valence-electron chi connectivity index (χ3n) is 3.82. The Kier molecular flexibility index (Phi) is 5.90.